The zero-order valence-electron chi connectivity index (χ0n) is 10.3. The fraction of sp³-hybridized carbons (Fsp3) is 0.500. The second-order valence-electron chi connectivity index (χ2n) is 3.91. The first-order chi connectivity index (χ1) is 8.19. The van der Waals surface area contributed by atoms with Crippen molar-refractivity contribution in [2.75, 3.05) is 0 Å². The number of nitrogens with zero attached hydrogens (tertiary/aromatic N) is 2. The maximum absolute atomic E-state index is 8.66. The molecule has 0 spiro atoms. The van der Waals surface area contributed by atoms with Gasteiger partial charge in [-0.3, -0.25) is 4.98 Å². The number of oxime groups is 1. The molecule has 0 saturated carbocycles. The number of aromatic nitrogens is 1. The quantitative estimate of drug-likeness (QED) is 0.342. The van der Waals surface area contributed by atoms with Crippen molar-refractivity contribution in [3.05, 3.63) is 29.6 Å². The normalized spacial score (nSPS) is 13.6. The molecule has 1 unspecified atom stereocenters. The van der Waals surface area contributed by atoms with E-state index >= 15 is 0 Å². The van der Waals surface area contributed by atoms with E-state index in [4.69, 9.17) is 15.7 Å². The van der Waals surface area contributed by atoms with Gasteiger partial charge in [0.15, 0.2) is 5.84 Å². The molecule has 0 aliphatic rings. The molecule has 0 fully saturated rings. The Morgan fingerprint density at radius 1 is 1.65 bits per heavy atom. The first-order valence-electron chi connectivity index (χ1n) is 5.72. The molecule has 94 valence electrons. The second kappa shape index (κ2) is 6.85. The van der Waals surface area contributed by atoms with Crippen molar-refractivity contribution in [3.63, 3.8) is 0 Å². The Morgan fingerprint density at radius 2 is 2.41 bits per heavy atom. The van der Waals surface area contributed by atoms with Crippen LogP contribution in [0.1, 0.15) is 37.9 Å². The van der Waals surface area contributed by atoms with Gasteiger partial charge >= 0.3 is 0 Å². The highest BCUT2D eigenvalue weighted by Crippen LogP contribution is 2.10. The Kier molecular flexibility index (Phi) is 5.42. The number of amidine groups is 1. The second-order valence-corrected chi connectivity index (χ2v) is 3.91. The fourth-order valence-electron chi connectivity index (χ4n) is 1.55. The molecule has 0 bridgehead atoms. The summed E-state index contributed by atoms with van der Waals surface area (Å²) in [6.45, 7) is 4.56. The lowest BCUT2D eigenvalue weighted by Crippen LogP contribution is -2.18. The Balaban J connectivity index is 2.71. The van der Waals surface area contributed by atoms with Gasteiger partial charge in [0, 0.05) is 11.8 Å². The summed E-state index contributed by atoms with van der Waals surface area (Å²) < 4.78 is 5.67. The molecule has 0 amide bonds. The van der Waals surface area contributed by atoms with Crippen molar-refractivity contribution < 1.29 is 9.94 Å². The lowest BCUT2D eigenvalue weighted by atomic mass is 10.2. The van der Waals surface area contributed by atoms with Gasteiger partial charge in [-0.15, -0.1) is 0 Å². The van der Waals surface area contributed by atoms with Gasteiger partial charge in [0.25, 0.3) is 0 Å². The molecule has 1 aromatic heterocycles. The molecular formula is C12H19N3O2. The van der Waals surface area contributed by atoms with E-state index in [1.54, 1.807) is 12.3 Å². The van der Waals surface area contributed by atoms with Crippen LogP contribution >= 0.6 is 0 Å². The summed E-state index contributed by atoms with van der Waals surface area (Å²) in [6, 6.07) is 3.66. The monoisotopic (exact) mass is 237 g/mol. The topological polar surface area (TPSA) is 80.7 Å². The van der Waals surface area contributed by atoms with E-state index in [1.807, 2.05) is 13.0 Å². The molecule has 17 heavy (non-hydrogen) atoms. The molecule has 5 nitrogen and oxygen atoms in total. The molecule has 1 heterocycles. The van der Waals surface area contributed by atoms with Crippen LogP contribution in [0.25, 0.3) is 0 Å². The zero-order valence-corrected chi connectivity index (χ0v) is 10.3. The summed E-state index contributed by atoms with van der Waals surface area (Å²) in [6.07, 6.45) is 3.90. The van der Waals surface area contributed by atoms with E-state index < -0.39 is 0 Å². The third-order valence-corrected chi connectivity index (χ3v) is 2.46. The molecule has 5 heteroatoms. The molecule has 0 radical (unpaired) electrons. The van der Waals surface area contributed by atoms with E-state index in [0.29, 0.717) is 12.3 Å². The van der Waals surface area contributed by atoms with Crippen molar-refractivity contribution >= 4 is 5.84 Å². The lowest BCUT2D eigenvalue weighted by molar-refractivity contribution is 0.0469. The average Bonchev–Trinajstić information content (AvgIpc) is 2.36. The van der Waals surface area contributed by atoms with Crippen LogP contribution in [0.5, 0.6) is 0 Å². The highest BCUT2D eigenvalue weighted by atomic mass is 16.5. The van der Waals surface area contributed by atoms with Gasteiger partial charge in [0.1, 0.15) is 5.69 Å². The largest absolute Gasteiger partial charge is 0.409 e. The minimum atomic E-state index is 0.00680. The number of rotatable bonds is 6. The third kappa shape index (κ3) is 4.03. The van der Waals surface area contributed by atoms with E-state index in [1.165, 1.54) is 0 Å². The van der Waals surface area contributed by atoms with Crippen molar-refractivity contribution in [1.82, 2.24) is 4.98 Å². The van der Waals surface area contributed by atoms with Gasteiger partial charge in [0.05, 0.1) is 12.7 Å². The molecule has 1 rings (SSSR count). The Morgan fingerprint density at radius 3 is 3.06 bits per heavy atom. The van der Waals surface area contributed by atoms with Gasteiger partial charge in [-0.1, -0.05) is 24.6 Å². The van der Waals surface area contributed by atoms with Crippen LogP contribution in [0.3, 0.4) is 0 Å². The fourth-order valence-corrected chi connectivity index (χ4v) is 1.55. The van der Waals surface area contributed by atoms with Crippen LogP contribution in [0, 0.1) is 0 Å². The number of pyridine rings is 1. The number of nitrogens with two attached hydrogens (primary N) is 1. The van der Waals surface area contributed by atoms with Crippen molar-refractivity contribution in [2.24, 2.45) is 10.9 Å². The van der Waals surface area contributed by atoms with Crippen molar-refractivity contribution in [2.45, 2.75) is 39.4 Å². The zero-order chi connectivity index (χ0) is 12.7. The van der Waals surface area contributed by atoms with Gasteiger partial charge in [-0.2, -0.15) is 0 Å². The minimum Gasteiger partial charge on any atom is -0.409 e. The smallest absolute Gasteiger partial charge is 0.189 e. The molecule has 0 aliphatic heterocycles. The van der Waals surface area contributed by atoms with Crippen molar-refractivity contribution in [1.29, 1.82) is 0 Å². The van der Waals surface area contributed by atoms with E-state index in [2.05, 4.69) is 17.1 Å². The summed E-state index contributed by atoms with van der Waals surface area (Å²) in [5, 5.41) is 11.6. The lowest BCUT2D eigenvalue weighted by Gasteiger charge is -2.13. The molecule has 0 saturated heterocycles. The van der Waals surface area contributed by atoms with E-state index in [0.717, 1.165) is 18.4 Å². The number of ether oxygens (including phenoxy) is 1. The molecule has 0 aliphatic carbocycles. The predicted octanol–water partition coefficient (Wildman–Crippen LogP) is 1.88. The third-order valence-electron chi connectivity index (χ3n) is 2.46. The number of hydrogen-bond donors (Lipinski definition) is 2. The van der Waals surface area contributed by atoms with E-state index in [9.17, 15) is 0 Å². The summed E-state index contributed by atoms with van der Waals surface area (Å²) in [5.74, 6) is 0.00680. The summed E-state index contributed by atoms with van der Waals surface area (Å²) in [5.41, 5.74) is 6.84. The Labute approximate surface area is 101 Å². The maximum Gasteiger partial charge on any atom is 0.189 e. The van der Waals surface area contributed by atoms with Crippen LogP contribution in [0.15, 0.2) is 23.5 Å². The average molecular weight is 237 g/mol. The Hall–Kier alpha value is -1.62. The maximum atomic E-state index is 8.66. The van der Waals surface area contributed by atoms with Crippen LogP contribution in [-0.4, -0.2) is 22.1 Å². The SMILES string of the molecule is CCCC(C)OCc1cccnc1/C(N)=N/O. The molecule has 1 aromatic rings. The number of hydrogen-bond acceptors (Lipinski definition) is 4. The van der Waals surface area contributed by atoms with Gasteiger partial charge < -0.3 is 15.7 Å². The molecule has 0 aromatic carbocycles. The first kappa shape index (κ1) is 13.4. The first-order valence-corrected chi connectivity index (χ1v) is 5.72. The van der Waals surface area contributed by atoms with Gasteiger partial charge in [-0.05, 0) is 19.4 Å². The van der Waals surface area contributed by atoms with Crippen molar-refractivity contribution in [3.8, 4) is 0 Å². The summed E-state index contributed by atoms with van der Waals surface area (Å²) >= 11 is 0. The molecular weight excluding hydrogens is 218 g/mol. The standard InChI is InChI=1S/C12H19N3O2/c1-3-5-9(2)17-8-10-6-4-7-14-11(10)12(13)15-16/h4,6-7,9,16H,3,5,8H2,1-2H3,(H2,13,15). The highest BCUT2D eigenvalue weighted by Gasteiger charge is 2.09. The summed E-state index contributed by atoms with van der Waals surface area (Å²) in [4.78, 5) is 4.08. The van der Waals surface area contributed by atoms with Crippen LogP contribution < -0.4 is 5.73 Å². The molecule has 1 atom stereocenters. The van der Waals surface area contributed by atoms with Gasteiger partial charge in [-0.25, -0.2) is 0 Å². The summed E-state index contributed by atoms with van der Waals surface area (Å²) in [7, 11) is 0. The molecule has 3 N–H and O–H groups in total. The van der Waals surface area contributed by atoms with E-state index in [-0.39, 0.29) is 11.9 Å². The Bertz CT molecular complexity index is 380. The van der Waals surface area contributed by atoms with Crippen LogP contribution in [0.4, 0.5) is 0 Å². The predicted molar refractivity (Wildman–Crippen MR) is 65.9 cm³/mol. The minimum absolute atomic E-state index is 0.00680. The van der Waals surface area contributed by atoms with Crippen LogP contribution in [-0.2, 0) is 11.3 Å². The van der Waals surface area contributed by atoms with Crippen LogP contribution in [0.2, 0.25) is 0 Å². The highest BCUT2D eigenvalue weighted by molar-refractivity contribution is 5.96. The van der Waals surface area contributed by atoms with Gasteiger partial charge in [0.2, 0.25) is 0 Å².